The van der Waals surface area contributed by atoms with Gasteiger partial charge in [0.1, 0.15) is 0 Å². The van der Waals surface area contributed by atoms with Gasteiger partial charge in [-0.05, 0) is 0 Å². The van der Waals surface area contributed by atoms with Crippen molar-refractivity contribution in [1.29, 1.82) is 0 Å². The smallest absolute Gasteiger partial charge is 0.229 e. The van der Waals surface area contributed by atoms with Crippen molar-refractivity contribution in [2.45, 2.75) is 47.9 Å². The number of aromatic nitrogens is 2. The van der Waals surface area contributed by atoms with Crippen molar-refractivity contribution in [3.05, 3.63) is 65.9 Å². The van der Waals surface area contributed by atoms with Gasteiger partial charge >= 0.3 is 158 Å². The SMILES string of the molecule is CC.COc1cc(OC)c2c(c1)OC1(c3ccccc3)[CH]([Pb])CCC21O.NCc1nnco1. The summed E-state index contributed by atoms with van der Waals surface area (Å²) in [7, 11) is 3.24. The van der Waals surface area contributed by atoms with Gasteiger partial charge in [0.05, 0.1) is 6.54 Å². The van der Waals surface area contributed by atoms with Crippen molar-refractivity contribution in [2.24, 2.45) is 5.73 Å². The van der Waals surface area contributed by atoms with Crippen LogP contribution < -0.4 is 19.9 Å². The summed E-state index contributed by atoms with van der Waals surface area (Å²) in [6.07, 6.45) is 2.88. The van der Waals surface area contributed by atoms with Crippen LogP contribution in [-0.2, 0) is 17.7 Å². The predicted octanol–water partition coefficient (Wildman–Crippen LogP) is 3.48. The predicted molar refractivity (Wildman–Crippen MR) is 124 cm³/mol. The molecule has 175 valence electrons. The van der Waals surface area contributed by atoms with Gasteiger partial charge in [-0.3, -0.25) is 0 Å². The molecule has 0 amide bonds. The summed E-state index contributed by atoms with van der Waals surface area (Å²) in [4.78, 5) is 0. The van der Waals surface area contributed by atoms with Crippen molar-refractivity contribution in [1.82, 2.24) is 10.2 Å². The largest absolute Gasteiger partial charge is 0.427 e. The quantitative estimate of drug-likeness (QED) is 0.414. The number of hydrogen-bond acceptors (Lipinski definition) is 8. The maximum atomic E-state index is 11.8. The molecular weight excluding hydrogens is 617 g/mol. The van der Waals surface area contributed by atoms with Crippen LogP contribution in [0.25, 0.3) is 0 Å². The standard InChI is InChI=1S/C19H19O4.C3H5N3O.C2H6.Pb/c1-21-14-11-15(22-2)17-16(12-14)23-19(10-6-9-18(17,19)20)13-7-4-3-5-8-13;4-1-3-6-5-2-7-3;1-2;/h3-5,7-8,10-12,20H,6,9H2,1-2H3;2H,1,4H2;1-2H3;. The van der Waals surface area contributed by atoms with Crippen LogP contribution in [0.15, 0.2) is 53.3 Å². The average Bonchev–Trinajstić information content (AvgIpc) is 3.55. The zero-order valence-electron chi connectivity index (χ0n) is 19.4. The Kier molecular flexibility index (Phi) is 8.35. The van der Waals surface area contributed by atoms with E-state index in [1.807, 2.05) is 44.2 Å². The Morgan fingerprint density at radius 3 is 2.45 bits per heavy atom. The van der Waals surface area contributed by atoms with Crippen molar-refractivity contribution < 1.29 is 23.7 Å². The topological polar surface area (TPSA) is 113 Å². The molecule has 3 radical (unpaired) electrons. The Morgan fingerprint density at radius 1 is 1.18 bits per heavy atom. The summed E-state index contributed by atoms with van der Waals surface area (Å²) < 4.78 is 22.4. The number of hydrogen-bond donors (Lipinski definition) is 2. The average molecular weight is 648 g/mol. The van der Waals surface area contributed by atoms with Crippen molar-refractivity contribution in [2.75, 3.05) is 14.2 Å². The van der Waals surface area contributed by atoms with Crippen molar-refractivity contribution in [3.8, 4) is 17.2 Å². The minimum Gasteiger partial charge on any atom is -0.427 e. The summed E-state index contributed by atoms with van der Waals surface area (Å²) in [5, 5.41) is 18.7. The number of nitrogens with zero attached hydrogens (tertiary/aromatic N) is 2. The Labute approximate surface area is 210 Å². The fourth-order valence-electron chi connectivity index (χ4n) is 4.47. The number of nitrogens with two attached hydrogens (primary N) is 1. The molecule has 3 aromatic rings. The molecule has 5 rings (SSSR count). The summed E-state index contributed by atoms with van der Waals surface area (Å²) in [6.45, 7) is 4.32. The minimum absolute atomic E-state index is 0.313. The van der Waals surface area contributed by atoms with Gasteiger partial charge in [-0.1, -0.05) is 13.8 Å². The van der Waals surface area contributed by atoms with Gasteiger partial charge in [0.2, 0.25) is 12.3 Å². The van der Waals surface area contributed by atoms with Gasteiger partial charge in [-0.2, -0.15) is 0 Å². The van der Waals surface area contributed by atoms with E-state index in [4.69, 9.17) is 19.9 Å². The Bertz CT molecular complexity index is 1030. The number of benzene rings is 2. The summed E-state index contributed by atoms with van der Waals surface area (Å²) >= 11 is 0.940. The molecule has 3 N–H and O–H groups in total. The normalized spacial score (nSPS) is 24.3. The first-order valence-electron chi connectivity index (χ1n) is 10.9. The summed E-state index contributed by atoms with van der Waals surface area (Å²) in [6, 6.07) is 13.8. The molecule has 3 unspecified atom stereocenters. The fraction of sp³-hybridized carbons (Fsp3) is 0.417. The Balaban J connectivity index is 0.000000289. The van der Waals surface area contributed by atoms with Crippen molar-refractivity contribution >= 4 is 25.8 Å². The van der Waals surface area contributed by atoms with Crippen LogP contribution in [0.3, 0.4) is 0 Å². The molecule has 0 bridgehead atoms. The summed E-state index contributed by atoms with van der Waals surface area (Å²) in [5.41, 5.74) is 5.08. The molecule has 0 saturated heterocycles. The number of fused-ring (bicyclic) bond motifs is 3. The van der Waals surface area contributed by atoms with E-state index in [9.17, 15) is 5.11 Å². The van der Waals surface area contributed by atoms with E-state index in [1.54, 1.807) is 14.2 Å². The second-order valence-electron chi connectivity index (χ2n) is 7.39. The first-order chi connectivity index (χ1) is 16.0. The molecule has 1 aliphatic heterocycles. The molecule has 9 heteroatoms. The Morgan fingerprint density at radius 2 is 1.91 bits per heavy atom. The maximum Gasteiger partial charge on any atom is 0.229 e. The number of rotatable bonds is 4. The molecule has 1 aliphatic carbocycles. The fourth-order valence-corrected chi connectivity index (χ4v) is 6.84. The van der Waals surface area contributed by atoms with Gasteiger partial charge in [-0.25, -0.2) is 0 Å². The third-order valence-electron chi connectivity index (χ3n) is 5.86. The maximum absolute atomic E-state index is 11.8. The molecule has 1 saturated carbocycles. The number of ether oxygens (including phenoxy) is 3. The van der Waals surface area contributed by atoms with Gasteiger partial charge < -0.3 is 10.2 Å². The van der Waals surface area contributed by atoms with Crippen LogP contribution in [-0.4, -0.2) is 55.3 Å². The van der Waals surface area contributed by atoms with Crippen molar-refractivity contribution in [3.63, 3.8) is 0 Å². The minimum atomic E-state index is -1.08. The van der Waals surface area contributed by atoms with Crippen LogP contribution >= 0.6 is 0 Å². The monoisotopic (exact) mass is 648 g/mol. The zero-order chi connectivity index (χ0) is 24.1. The van der Waals surface area contributed by atoms with E-state index in [-0.39, 0.29) is 0 Å². The van der Waals surface area contributed by atoms with E-state index < -0.39 is 11.2 Å². The zero-order valence-corrected chi connectivity index (χ0v) is 23.3. The van der Waals surface area contributed by atoms with Crippen LogP contribution in [0.5, 0.6) is 17.2 Å². The summed E-state index contributed by atoms with van der Waals surface area (Å²) in [5.74, 6) is 2.43. The van der Waals surface area contributed by atoms with Gasteiger partial charge in [0, 0.05) is 0 Å². The van der Waals surface area contributed by atoms with Gasteiger partial charge in [0.15, 0.2) is 0 Å². The van der Waals surface area contributed by atoms with E-state index in [0.717, 1.165) is 43.3 Å². The second-order valence-corrected chi connectivity index (χ2v) is 10.1. The number of methoxy groups -OCH3 is 2. The van der Waals surface area contributed by atoms with Crippen LogP contribution in [0.4, 0.5) is 0 Å². The van der Waals surface area contributed by atoms with E-state index in [1.165, 1.54) is 6.39 Å². The van der Waals surface area contributed by atoms with Gasteiger partial charge in [-0.15, -0.1) is 10.2 Å². The molecule has 1 aromatic heterocycles. The molecule has 33 heavy (non-hydrogen) atoms. The van der Waals surface area contributed by atoms with Crippen LogP contribution in [0, 0.1) is 0 Å². The molecule has 1 fully saturated rings. The second kappa shape index (κ2) is 10.8. The van der Waals surface area contributed by atoms with Crippen LogP contribution in [0.2, 0.25) is 3.48 Å². The number of aliphatic hydroxyl groups is 1. The molecule has 0 spiro atoms. The van der Waals surface area contributed by atoms with E-state index >= 15 is 0 Å². The molecular formula is C24H30N3O5Pb. The van der Waals surface area contributed by atoms with E-state index in [0.29, 0.717) is 39.6 Å². The molecule has 2 aliphatic rings. The Hall–Kier alpha value is -2.18. The third-order valence-corrected chi connectivity index (χ3v) is 8.56. The van der Waals surface area contributed by atoms with Gasteiger partial charge in [0.25, 0.3) is 0 Å². The molecule has 2 aromatic carbocycles. The third kappa shape index (κ3) is 4.35. The van der Waals surface area contributed by atoms with E-state index in [2.05, 4.69) is 26.7 Å². The first kappa shape index (κ1) is 25.4. The first-order valence-corrected chi connectivity index (χ1v) is 13.1. The molecule has 3 atom stereocenters. The molecule has 8 nitrogen and oxygen atoms in total. The van der Waals surface area contributed by atoms with Crippen LogP contribution in [0.1, 0.15) is 43.7 Å². The molecule has 2 heterocycles.